The van der Waals surface area contributed by atoms with Gasteiger partial charge in [0, 0.05) is 52.9 Å². The van der Waals surface area contributed by atoms with Crippen LogP contribution in [0.1, 0.15) is 78.8 Å². The summed E-state index contributed by atoms with van der Waals surface area (Å²) >= 11 is 3.40. The molecule has 0 saturated heterocycles. The summed E-state index contributed by atoms with van der Waals surface area (Å²) < 4.78 is 8.06. The zero-order valence-corrected chi connectivity index (χ0v) is 23.9. The van der Waals surface area contributed by atoms with Crippen LogP contribution in [0.15, 0.2) is 24.5 Å². The second-order valence-corrected chi connectivity index (χ2v) is 13.0. The number of rotatable bonds is 7. The number of aromatic nitrogens is 1. The molecule has 5 rings (SSSR count). The monoisotopic (exact) mass is 542 g/mol. The van der Waals surface area contributed by atoms with Crippen molar-refractivity contribution in [3.05, 3.63) is 56.5 Å². The highest BCUT2D eigenvalue weighted by molar-refractivity contribution is 7.16. The van der Waals surface area contributed by atoms with Crippen LogP contribution in [0.2, 0.25) is 0 Å². The fourth-order valence-electron chi connectivity index (χ4n) is 5.29. The lowest BCUT2D eigenvalue weighted by atomic mass is 9.95. The highest BCUT2D eigenvalue weighted by Crippen LogP contribution is 2.43. The van der Waals surface area contributed by atoms with E-state index >= 15 is 0 Å². The third-order valence-corrected chi connectivity index (χ3v) is 9.58. The van der Waals surface area contributed by atoms with E-state index in [1.807, 2.05) is 44.2 Å². The van der Waals surface area contributed by atoms with Crippen molar-refractivity contribution in [3.63, 3.8) is 0 Å². The smallest absolute Gasteiger partial charge is 0.320 e. The molecule has 2 aliphatic rings. The van der Waals surface area contributed by atoms with Crippen molar-refractivity contribution in [1.82, 2.24) is 14.8 Å². The third kappa shape index (κ3) is 5.81. The molecule has 2 amide bonds. The summed E-state index contributed by atoms with van der Waals surface area (Å²) in [7, 11) is 0. The summed E-state index contributed by atoms with van der Waals surface area (Å²) in [6.07, 6.45) is 8.17. The Hall–Kier alpha value is -2.17. The number of aryl methyl sites for hydroxylation is 1. The summed E-state index contributed by atoms with van der Waals surface area (Å²) in [5.74, 6) is 0. The molecule has 0 bridgehead atoms. The van der Waals surface area contributed by atoms with Gasteiger partial charge in [0.1, 0.15) is 10.0 Å². The van der Waals surface area contributed by atoms with E-state index in [9.17, 15) is 9.90 Å². The van der Waals surface area contributed by atoms with E-state index in [4.69, 9.17) is 4.74 Å². The average Bonchev–Trinajstić information content (AvgIpc) is 3.57. The number of hydrogen-bond acceptors (Lipinski definition) is 6. The number of hydrogen-bond donors (Lipinski definition) is 3. The maximum Gasteiger partial charge on any atom is 0.320 e. The SMILES string of the molecule is CCN1CCc2c(sc(-n3cccc3)c2CNC(=O)Nc2sc3c(c2C(O)OC(C)(C)C)CCCC3)C1. The van der Waals surface area contributed by atoms with Crippen molar-refractivity contribution >= 4 is 33.7 Å². The number of amides is 2. The standard InChI is InChI=1S/C28H38N4O3S2/c1-5-31-15-12-18-20(25(37-22(18)17-31)32-13-8-9-14-32)16-29-27(34)30-24-23(26(33)35-28(2,3)4)19-10-6-7-11-21(19)36-24/h8-9,13-14,26,33H,5-7,10-12,15-17H2,1-4H3,(H2,29,30,34). The van der Waals surface area contributed by atoms with E-state index in [-0.39, 0.29) is 6.03 Å². The zero-order valence-electron chi connectivity index (χ0n) is 22.2. The van der Waals surface area contributed by atoms with Gasteiger partial charge in [-0.15, -0.1) is 22.7 Å². The molecule has 37 heavy (non-hydrogen) atoms. The van der Waals surface area contributed by atoms with Gasteiger partial charge in [0.05, 0.1) is 5.60 Å². The number of carbonyl (C=O) groups is 1. The normalized spacial score (nSPS) is 16.8. The number of anilines is 1. The van der Waals surface area contributed by atoms with Crippen LogP contribution in [0.3, 0.4) is 0 Å². The topological polar surface area (TPSA) is 78.8 Å². The Morgan fingerprint density at radius 1 is 1.11 bits per heavy atom. The predicted octanol–water partition coefficient (Wildman–Crippen LogP) is 5.98. The molecule has 0 saturated carbocycles. The number of carbonyl (C=O) groups excluding carboxylic acids is 1. The molecule has 1 atom stereocenters. The van der Waals surface area contributed by atoms with Gasteiger partial charge in [0.25, 0.3) is 0 Å². The lowest BCUT2D eigenvalue weighted by Gasteiger charge is -2.26. The largest absolute Gasteiger partial charge is 0.364 e. The van der Waals surface area contributed by atoms with Gasteiger partial charge >= 0.3 is 6.03 Å². The Morgan fingerprint density at radius 2 is 1.86 bits per heavy atom. The molecule has 1 unspecified atom stereocenters. The van der Waals surface area contributed by atoms with Crippen LogP contribution in [0.4, 0.5) is 9.80 Å². The molecule has 0 spiro atoms. The van der Waals surface area contributed by atoms with Gasteiger partial charge in [-0.3, -0.25) is 10.2 Å². The first-order chi connectivity index (χ1) is 17.7. The first-order valence-corrected chi connectivity index (χ1v) is 14.9. The van der Waals surface area contributed by atoms with Gasteiger partial charge in [-0.25, -0.2) is 4.79 Å². The summed E-state index contributed by atoms with van der Waals surface area (Å²) in [5, 5.41) is 19.1. The molecule has 9 heteroatoms. The molecule has 0 fully saturated rings. The van der Waals surface area contributed by atoms with Gasteiger partial charge < -0.3 is 19.7 Å². The molecule has 4 heterocycles. The number of aliphatic hydroxyl groups excluding tert-OH is 1. The Bertz CT molecular complexity index is 1240. The Labute approximate surface area is 227 Å². The highest BCUT2D eigenvalue weighted by Gasteiger charge is 2.30. The van der Waals surface area contributed by atoms with Crippen LogP contribution >= 0.6 is 22.7 Å². The van der Waals surface area contributed by atoms with E-state index in [0.29, 0.717) is 11.5 Å². The molecular weight excluding hydrogens is 504 g/mol. The molecule has 1 aliphatic heterocycles. The third-order valence-electron chi connectivity index (χ3n) is 7.09. The van der Waals surface area contributed by atoms with Crippen molar-refractivity contribution in [2.24, 2.45) is 0 Å². The van der Waals surface area contributed by atoms with Crippen LogP contribution < -0.4 is 10.6 Å². The minimum Gasteiger partial charge on any atom is -0.364 e. The summed E-state index contributed by atoms with van der Waals surface area (Å²) in [4.78, 5) is 18.3. The second-order valence-electron chi connectivity index (χ2n) is 10.8. The summed E-state index contributed by atoms with van der Waals surface area (Å²) in [5.41, 5.74) is 3.95. The van der Waals surface area contributed by atoms with E-state index in [2.05, 4.69) is 39.4 Å². The van der Waals surface area contributed by atoms with Crippen molar-refractivity contribution < 1.29 is 14.6 Å². The number of urea groups is 1. The molecule has 0 aromatic carbocycles. The lowest BCUT2D eigenvalue weighted by Crippen LogP contribution is -2.31. The summed E-state index contributed by atoms with van der Waals surface area (Å²) in [6, 6.07) is 3.81. The minimum atomic E-state index is -1.07. The van der Waals surface area contributed by atoms with Crippen LogP contribution in [0.25, 0.3) is 5.00 Å². The maximum atomic E-state index is 13.2. The Morgan fingerprint density at radius 3 is 2.59 bits per heavy atom. The van der Waals surface area contributed by atoms with Gasteiger partial charge in [0.2, 0.25) is 0 Å². The number of fused-ring (bicyclic) bond motifs is 2. The van der Waals surface area contributed by atoms with Crippen LogP contribution in [-0.2, 0) is 37.1 Å². The van der Waals surface area contributed by atoms with Gasteiger partial charge in [0.15, 0.2) is 6.29 Å². The Balaban J connectivity index is 1.36. The number of aliphatic hydroxyl groups is 1. The second kappa shape index (κ2) is 10.9. The molecule has 3 aromatic heterocycles. The molecule has 3 aromatic rings. The fraction of sp³-hybridized carbons (Fsp3) is 0.536. The molecule has 3 N–H and O–H groups in total. The molecule has 200 valence electrons. The number of nitrogens with zero attached hydrogens (tertiary/aromatic N) is 2. The Kier molecular flexibility index (Phi) is 7.79. The first-order valence-electron chi connectivity index (χ1n) is 13.3. The van der Waals surface area contributed by atoms with Crippen molar-refractivity contribution in [3.8, 4) is 5.00 Å². The quantitative estimate of drug-likeness (QED) is 0.321. The van der Waals surface area contributed by atoms with E-state index in [0.717, 1.165) is 62.9 Å². The number of nitrogens with one attached hydrogen (secondary N) is 2. The maximum absolute atomic E-state index is 13.2. The number of ether oxygens (including phenoxy) is 1. The summed E-state index contributed by atoms with van der Waals surface area (Å²) in [6.45, 7) is 11.5. The van der Waals surface area contributed by atoms with Gasteiger partial charge in [-0.05, 0) is 82.7 Å². The fourth-order valence-corrected chi connectivity index (χ4v) is 7.97. The number of likely N-dealkylation sites (N-methyl/N-ethyl adjacent to an activating group) is 1. The van der Waals surface area contributed by atoms with Crippen molar-refractivity contribution in [2.75, 3.05) is 18.4 Å². The predicted molar refractivity (Wildman–Crippen MR) is 151 cm³/mol. The van der Waals surface area contributed by atoms with E-state index in [1.54, 1.807) is 11.3 Å². The zero-order chi connectivity index (χ0) is 26.2. The molecule has 7 nitrogen and oxygen atoms in total. The van der Waals surface area contributed by atoms with E-state index < -0.39 is 11.9 Å². The van der Waals surface area contributed by atoms with E-state index in [1.165, 1.54) is 25.9 Å². The van der Waals surface area contributed by atoms with Gasteiger partial charge in [-0.2, -0.15) is 0 Å². The van der Waals surface area contributed by atoms with Crippen molar-refractivity contribution in [1.29, 1.82) is 0 Å². The highest BCUT2D eigenvalue weighted by atomic mass is 32.1. The van der Waals surface area contributed by atoms with Crippen molar-refractivity contribution in [2.45, 2.75) is 84.8 Å². The lowest BCUT2D eigenvalue weighted by molar-refractivity contribution is -0.169. The van der Waals surface area contributed by atoms with Crippen LogP contribution in [-0.4, -0.2) is 39.3 Å². The molecule has 0 radical (unpaired) electrons. The van der Waals surface area contributed by atoms with Gasteiger partial charge in [-0.1, -0.05) is 6.92 Å². The van der Waals surface area contributed by atoms with Crippen LogP contribution in [0.5, 0.6) is 0 Å². The minimum absolute atomic E-state index is 0.257. The number of thiophene rings is 2. The first kappa shape index (κ1) is 26.4. The molecule has 1 aliphatic carbocycles. The average molecular weight is 543 g/mol. The van der Waals surface area contributed by atoms with Crippen LogP contribution in [0, 0.1) is 0 Å². The molecular formula is C28H38N4O3S2.